The van der Waals surface area contributed by atoms with Gasteiger partial charge in [-0.1, -0.05) is 0 Å². The van der Waals surface area contributed by atoms with E-state index in [-0.39, 0.29) is 24.0 Å². The third-order valence-electron chi connectivity index (χ3n) is 7.54. The molecule has 1 aliphatic heterocycles. The van der Waals surface area contributed by atoms with E-state index < -0.39 is 17.9 Å². The van der Waals surface area contributed by atoms with E-state index in [0.29, 0.717) is 32.2 Å². The van der Waals surface area contributed by atoms with Gasteiger partial charge in [-0.25, -0.2) is 19.9 Å². The fourth-order valence-corrected chi connectivity index (χ4v) is 5.43. The molecule has 1 amide bonds. The molecule has 40 heavy (non-hydrogen) atoms. The number of alkyl halides is 3. The highest BCUT2D eigenvalue weighted by molar-refractivity contribution is 5.92. The Kier molecular flexibility index (Phi) is 6.74. The number of piperazine rings is 1. The standard InChI is InChI=1S/C26H29F3N10O/c1-36(2)14-17-9-21(35-25(34-17)26(27,28)29)24(40)38-7-5-37(6-8-38)18-10-19(11-18)39-13-16(12-33-39)22-20-3-4-30-23(20)32-15-31-22/h3-4,9,12-13,15,18-19H,5-8,10-11,14H2,1-2H3,(H,30,31,32). The lowest BCUT2D eigenvalue weighted by atomic mass is 9.85. The molecule has 5 heterocycles. The van der Waals surface area contributed by atoms with Crippen molar-refractivity contribution in [2.45, 2.75) is 37.6 Å². The first-order valence-corrected chi connectivity index (χ1v) is 13.1. The molecule has 0 bridgehead atoms. The van der Waals surface area contributed by atoms with Crippen LogP contribution in [-0.4, -0.2) is 102 Å². The lowest BCUT2D eigenvalue weighted by Gasteiger charge is -2.46. The Morgan fingerprint density at radius 2 is 1.88 bits per heavy atom. The number of carbonyl (C=O) groups excluding carboxylic acids is 1. The van der Waals surface area contributed by atoms with E-state index in [2.05, 4.69) is 34.9 Å². The van der Waals surface area contributed by atoms with Crippen molar-refractivity contribution in [3.05, 3.63) is 54.3 Å². The van der Waals surface area contributed by atoms with Gasteiger partial charge in [-0.3, -0.25) is 14.4 Å². The molecule has 0 aromatic carbocycles. The minimum absolute atomic E-state index is 0.161. The summed E-state index contributed by atoms with van der Waals surface area (Å²) in [5, 5.41) is 5.53. The molecule has 4 aromatic rings. The number of aromatic nitrogens is 7. The van der Waals surface area contributed by atoms with Gasteiger partial charge >= 0.3 is 6.18 Å². The van der Waals surface area contributed by atoms with Crippen LogP contribution in [0, 0.1) is 0 Å². The number of hydrogen-bond donors (Lipinski definition) is 1. The summed E-state index contributed by atoms with van der Waals surface area (Å²) in [6, 6.07) is 3.96. The van der Waals surface area contributed by atoms with E-state index in [1.165, 1.54) is 12.4 Å². The topological polar surface area (TPSA) is 112 Å². The Hall–Kier alpha value is -3.91. The third kappa shape index (κ3) is 5.16. The lowest BCUT2D eigenvalue weighted by molar-refractivity contribution is -0.145. The van der Waals surface area contributed by atoms with Crippen LogP contribution in [0.2, 0.25) is 0 Å². The number of nitrogens with zero attached hydrogens (tertiary/aromatic N) is 9. The van der Waals surface area contributed by atoms with Gasteiger partial charge in [0.15, 0.2) is 0 Å². The number of H-pyrrole nitrogens is 1. The van der Waals surface area contributed by atoms with Crippen molar-refractivity contribution in [2.24, 2.45) is 0 Å². The third-order valence-corrected chi connectivity index (χ3v) is 7.54. The van der Waals surface area contributed by atoms with Gasteiger partial charge in [0.2, 0.25) is 5.82 Å². The van der Waals surface area contributed by atoms with Crippen molar-refractivity contribution in [3.63, 3.8) is 0 Å². The van der Waals surface area contributed by atoms with Gasteiger partial charge in [-0.2, -0.15) is 18.3 Å². The van der Waals surface area contributed by atoms with Crippen LogP contribution >= 0.6 is 0 Å². The molecule has 0 spiro atoms. The van der Waals surface area contributed by atoms with Crippen molar-refractivity contribution >= 4 is 16.9 Å². The smallest absolute Gasteiger partial charge is 0.346 e. The van der Waals surface area contributed by atoms with Crippen molar-refractivity contribution in [2.75, 3.05) is 40.3 Å². The summed E-state index contributed by atoms with van der Waals surface area (Å²) >= 11 is 0. The van der Waals surface area contributed by atoms with Crippen LogP contribution in [0.5, 0.6) is 0 Å². The van der Waals surface area contributed by atoms with Gasteiger partial charge in [0.05, 0.1) is 23.6 Å². The molecular formula is C26H29F3N10O. The first kappa shape index (κ1) is 26.3. The molecule has 6 rings (SSSR count). The summed E-state index contributed by atoms with van der Waals surface area (Å²) in [7, 11) is 3.45. The Morgan fingerprint density at radius 1 is 1.10 bits per heavy atom. The highest BCUT2D eigenvalue weighted by Crippen LogP contribution is 2.37. The Morgan fingerprint density at radius 3 is 2.60 bits per heavy atom. The SMILES string of the molecule is CN(C)Cc1cc(C(=O)N2CCN(C3CC(n4cc(-c5ncnc6[nH]ccc56)cn4)C3)CC2)nc(C(F)(F)F)n1. The number of rotatable bonds is 6. The van der Waals surface area contributed by atoms with E-state index in [4.69, 9.17) is 0 Å². The average molecular weight is 555 g/mol. The second-order valence-electron chi connectivity index (χ2n) is 10.6. The molecule has 1 aliphatic carbocycles. The van der Waals surface area contributed by atoms with E-state index in [9.17, 15) is 18.0 Å². The molecule has 2 aliphatic rings. The minimum Gasteiger partial charge on any atom is -0.346 e. The fourth-order valence-electron chi connectivity index (χ4n) is 5.43. The summed E-state index contributed by atoms with van der Waals surface area (Å²) in [5.74, 6) is -1.78. The Balaban J connectivity index is 1.06. The zero-order valence-corrected chi connectivity index (χ0v) is 22.1. The van der Waals surface area contributed by atoms with Gasteiger partial charge < -0.3 is 14.8 Å². The molecule has 14 heteroatoms. The molecule has 1 N–H and O–H groups in total. The maximum atomic E-state index is 13.4. The predicted molar refractivity (Wildman–Crippen MR) is 139 cm³/mol. The molecule has 0 radical (unpaired) electrons. The lowest BCUT2D eigenvalue weighted by Crippen LogP contribution is -2.55. The largest absolute Gasteiger partial charge is 0.451 e. The molecule has 210 valence electrons. The zero-order chi connectivity index (χ0) is 28.0. The number of nitrogens with one attached hydrogen (secondary N) is 1. The summed E-state index contributed by atoms with van der Waals surface area (Å²) in [5.41, 5.74) is 2.51. The highest BCUT2D eigenvalue weighted by atomic mass is 19.4. The Labute approximate surface area is 228 Å². The number of fused-ring (bicyclic) bond motifs is 1. The van der Waals surface area contributed by atoms with Crippen molar-refractivity contribution in [3.8, 4) is 11.3 Å². The molecule has 1 saturated carbocycles. The highest BCUT2D eigenvalue weighted by Gasteiger charge is 2.39. The van der Waals surface area contributed by atoms with Crippen LogP contribution < -0.4 is 0 Å². The molecule has 1 saturated heterocycles. The molecule has 0 unspecified atom stereocenters. The number of aromatic amines is 1. The van der Waals surface area contributed by atoms with Crippen molar-refractivity contribution in [1.29, 1.82) is 0 Å². The first-order chi connectivity index (χ1) is 19.2. The van der Waals surface area contributed by atoms with Crippen LogP contribution in [-0.2, 0) is 12.7 Å². The minimum atomic E-state index is -4.73. The molecule has 11 nitrogen and oxygen atoms in total. The quantitative estimate of drug-likeness (QED) is 0.387. The molecule has 4 aromatic heterocycles. The van der Waals surface area contributed by atoms with E-state index >= 15 is 0 Å². The van der Waals surface area contributed by atoms with Gasteiger partial charge in [0, 0.05) is 62.1 Å². The second-order valence-corrected chi connectivity index (χ2v) is 10.6. The summed E-state index contributed by atoms with van der Waals surface area (Å²) in [4.78, 5) is 37.7. The van der Waals surface area contributed by atoms with Crippen molar-refractivity contribution in [1.82, 2.24) is 49.4 Å². The van der Waals surface area contributed by atoms with Crippen LogP contribution in [0.3, 0.4) is 0 Å². The summed E-state index contributed by atoms with van der Waals surface area (Å²) in [6.45, 7) is 2.35. The average Bonchev–Trinajstić information content (AvgIpc) is 3.57. The summed E-state index contributed by atoms with van der Waals surface area (Å²) < 4.78 is 42.1. The Bertz CT molecular complexity index is 1520. The number of amides is 1. The maximum Gasteiger partial charge on any atom is 0.451 e. The van der Waals surface area contributed by atoms with Crippen LogP contribution in [0.1, 0.15) is 40.9 Å². The van der Waals surface area contributed by atoms with E-state index in [0.717, 1.165) is 35.1 Å². The number of carbonyl (C=O) groups is 1. The molecule has 2 fully saturated rings. The van der Waals surface area contributed by atoms with Crippen LogP contribution in [0.15, 0.2) is 37.1 Å². The molecular weight excluding hydrogens is 525 g/mol. The maximum absolute atomic E-state index is 13.4. The van der Waals surface area contributed by atoms with E-state index in [1.807, 2.05) is 29.3 Å². The number of hydrogen-bond acceptors (Lipinski definition) is 8. The zero-order valence-electron chi connectivity index (χ0n) is 22.1. The van der Waals surface area contributed by atoms with Crippen LogP contribution in [0.25, 0.3) is 22.3 Å². The van der Waals surface area contributed by atoms with Crippen LogP contribution in [0.4, 0.5) is 13.2 Å². The fraction of sp³-hybridized carbons (Fsp3) is 0.462. The first-order valence-electron chi connectivity index (χ1n) is 13.1. The van der Waals surface area contributed by atoms with Gasteiger partial charge in [0.25, 0.3) is 5.91 Å². The van der Waals surface area contributed by atoms with Gasteiger partial charge in [0.1, 0.15) is 17.7 Å². The van der Waals surface area contributed by atoms with E-state index in [1.54, 1.807) is 23.9 Å². The van der Waals surface area contributed by atoms with Crippen molar-refractivity contribution < 1.29 is 18.0 Å². The summed E-state index contributed by atoms with van der Waals surface area (Å²) in [6.07, 6.45) is 4.38. The normalized spacial score (nSPS) is 20.3. The molecule has 0 atom stereocenters. The second kappa shape index (κ2) is 10.2. The van der Waals surface area contributed by atoms with Gasteiger partial charge in [-0.15, -0.1) is 0 Å². The predicted octanol–water partition coefficient (Wildman–Crippen LogP) is 2.85. The monoisotopic (exact) mass is 554 g/mol. The number of halogens is 3. The van der Waals surface area contributed by atoms with Gasteiger partial charge in [-0.05, 0) is 39.1 Å².